The van der Waals surface area contributed by atoms with Crippen molar-refractivity contribution in [1.82, 2.24) is 19.6 Å². The van der Waals surface area contributed by atoms with Crippen LogP contribution in [0.5, 0.6) is 0 Å². The molecule has 6 heteroatoms. The van der Waals surface area contributed by atoms with Crippen LogP contribution in [-0.4, -0.2) is 51.7 Å². The van der Waals surface area contributed by atoms with Gasteiger partial charge in [0.05, 0.1) is 11.2 Å². The zero-order chi connectivity index (χ0) is 16.2. The maximum Gasteiger partial charge on any atom is 0.244 e. The van der Waals surface area contributed by atoms with E-state index in [9.17, 15) is 4.79 Å². The fraction of sp³-hybridized carbons (Fsp3) is 0.412. The van der Waals surface area contributed by atoms with E-state index in [2.05, 4.69) is 41.2 Å². The second-order valence-electron chi connectivity index (χ2n) is 6.00. The molecule has 0 atom stereocenters. The van der Waals surface area contributed by atoms with Gasteiger partial charge < -0.3 is 4.90 Å². The Kier molecular flexibility index (Phi) is 4.98. The molecule has 0 spiro atoms. The van der Waals surface area contributed by atoms with Crippen molar-refractivity contribution in [2.24, 2.45) is 0 Å². The summed E-state index contributed by atoms with van der Waals surface area (Å²) < 4.78 is 1.59. The largest absolute Gasteiger partial charge is 0.339 e. The van der Waals surface area contributed by atoms with Gasteiger partial charge in [-0.1, -0.05) is 41.4 Å². The summed E-state index contributed by atoms with van der Waals surface area (Å²) in [5.41, 5.74) is 2.60. The molecule has 1 amide bonds. The molecule has 0 N–H and O–H groups in total. The van der Waals surface area contributed by atoms with Gasteiger partial charge in [-0.25, -0.2) is 0 Å². The van der Waals surface area contributed by atoms with Gasteiger partial charge in [-0.15, -0.1) is 0 Å². The van der Waals surface area contributed by atoms with Crippen molar-refractivity contribution < 1.29 is 4.79 Å². The summed E-state index contributed by atoms with van der Waals surface area (Å²) in [4.78, 5) is 16.6. The van der Waals surface area contributed by atoms with Crippen LogP contribution >= 0.6 is 11.6 Å². The third-order valence-electron chi connectivity index (χ3n) is 4.15. The predicted molar refractivity (Wildman–Crippen MR) is 90.3 cm³/mol. The monoisotopic (exact) mass is 332 g/mol. The van der Waals surface area contributed by atoms with Crippen molar-refractivity contribution in [3.63, 3.8) is 0 Å². The van der Waals surface area contributed by atoms with Crippen LogP contribution in [-0.2, 0) is 17.9 Å². The van der Waals surface area contributed by atoms with Crippen LogP contribution in [0.1, 0.15) is 11.1 Å². The summed E-state index contributed by atoms with van der Waals surface area (Å²) in [6, 6.07) is 8.64. The molecule has 0 aliphatic carbocycles. The average molecular weight is 333 g/mol. The molecular weight excluding hydrogens is 312 g/mol. The SMILES string of the molecule is Cc1ccc(CN2CCN(C(=O)Cn3cc(Cl)cn3)CC2)cc1. The maximum absolute atomic E-state index is 12.3. The van der Waals surface area contributed by atoms with Crippen molar-refractivity contribution in [2.45, 2.75) is 20.0 Å². The Morgan fingerprint density at radius 2 is 1.87 bits per heavy atom. The van der Waals surface area contributed by atoms with E-state index in [-0.39, 0.29) is 12.5 Å². The zero-order valence-corrected chi connectivity index (χ0v) is 14.0. The summed E-state index contributed by atoms with van der Waals surface area (Å²) in [7, 11) is 0. The predicted octanol–water partition coefficient (Wildman–Crippen LogP) is 2.19. The first-order chi connectivity index (χ1) is 11.1. The number of piperazine rings is 1. The zero-order valence-electron chi connectivity index (χ0n) is 13.3. The number of aryl methyl sites for hydroxylation is 1. The molecule has 0 unspecified atom stereocenters. The number of nitrogens with zero attached hydrogens (tertiary/aromatic N) is 4. The Bertz CT molecular complexity index is 659. The number of carbonyl (C=O) groups is 1. The normalized spacial score (nSPS) is 15.8. The van der Waals surface area contributed by atoms with Crippen LogP contribution in [0.3, 0.4) is 0 Å². The number of aromatic nitrogens is 2. The van der Waals surface area contributed by atoms with Gasteiger partial charge in [-0.3, -0.25) is 14.4 Å². The quantitative estimate of drug-likeness (QED) is 0.862. The first kappa shape index (κ1) is 16.0. The molecule has 5 nitrogen and oxygen atoms in total. The Hall–Kier alpha value is -1.85. The molecule has 1 aromatic carbocycles. The third kappa shape index (κ3) is 4.33. The van der Waals surface area contributed by atoms with Crippen LogP contribution in [0, 0.1) is 6.92 Å². The Morgan fingerprint density at radius 3 is 2.48 bits per heavy atom. The molecule has 1 fully saturated rings. The first-order valence-corrected chi connectivity index (χ1v) is 8.21. The van der Waals surface area contributed by atoms with E-state index >= 15 is 0 Å². The van der Waals surface area contributed by atoms with Crippen molar-refractivity contribution in [3.05, 3.63) is 52.8 Å². The van der Waals surface area contributed by atoms with E-state index < -0.39 is 0 Å². The van der Waals surface area contributed by atoms with Crippen molar-refractivity contribution >= 4 is 17.5 Å². The van der Waals surface area contributed by atoms with Crippen molar-refractivity contribution in [3.8, 4) is 0 Å². The van der Waals surface area contributed by atoms with Gasteiger partial charge in [0.1, 0.15) is 6.54 Å². The van der Waals surface area contributed by atoms with Crippen molar-refractivity contribution in [2.75, 3.05) is 26.2 Å². The van der Waals surface area contributed by atoms with E-state index in [1.54, 1.807) is 17.1 Å². The highest BCUT2D eigenvalue weighted by Crippen LogP contribution is 2.11. The number of carbonyl (C=O) groups excluding carboxylic acids is 1. The summed E-state index contributed by atoms with van der Waals surface area (Å²) >= 11 is 5.82. The lowest BCUT2D eigenvalue weighted by molar-refractivity contribution is -0.133. The van der Waals surface area contributed by atoms with Crippen LogP contribution in [0.4, 0.5) is 0 Å². The third-order valence-corrected chi connectivity index (χ3v) is 4.35. The highest BCUT2D eigenvalue weighted by Gasteiger charge is 2.21. The van der Waals surface area contributed by atoms with Crippen LogP contribution < -0.4 is 0 Å². The van der Waals surface area contributed by atoms with Gasteiger partial charge in [0.2, 0.25) is 5.91 Å². The second kappa shape index (κ2) is 7.15. The van der Waals surface area contributed by atoms with E-state index in [1.807, 2.05) is 4.90 Å². The molecule has 2 aromatic rings. The molecule has 3 rings (SSSR count). The van der Waals surface area contributed by atoms with Gasteiger partial charge in [0.15, 0.2) is 0 Å². The van der Waals surface area contributed by atoms with Gasteiger partial charge in [-0.05, 0) is 12.5 Å². The molecular formula is C17H21ClN4O. The van der Waals surface area contributed by atoms with Crippen LogP contribution in [0.25, 0.3) is 0 Å². The molecule has 1 saturated heterocycles. The number of amides is 1. The number of hydrogen-bond acceptors (Lipinski definition) is 3. The summed E-state index contributed by atoms with van der Waals surface area (Å²) in [6.07, 6.45) is 3.22. The summed E-state index contributed by atoms with van der Waals surface area (Å²) in [6.45, 7) is 6.63. The summed E-state index contributed by atoms with van der Waals surface area (Å²) in [5, 5.41) is 4.61. The van der Waals surface area contributed by atoms with Gasteiger partial charge in [0.25, 0.3) is 0 Å². The Labute approximate surface area is 141 Å². The minimum Gasteiger partial charge on any atom is -0.339 e. The maximum atomic E-state index is 12.3. The molecule has 2 heterocycles. The van der Waals surface area contributed by atoms with Gasteiger partial charge >= 0.3 is 0 Å². The number of benzene rings is 1. The molecule has 1 aliphatic rings. The van der Waals surface area contributed by atoms with E-state index in [1.165, 1.54) is 11.1 Å². The second-order valence-corrected chi connectivity index (χ2v) is 6.44. The minimum absolute atomic E-state index is 0.0970. The highest BCUT2D eigenvalue weighted by atomic mass is 35.5. The van der Waals surface area contributed by atoms with E-state index in [0.29, 0.717) is 5.02 Å². The van der Waals surface area contributed by atoms with Gasteiger partial charge in [0, 0.05) is 38.9 Å². The first-order valence-electron chi connectivity index (χ1n) is 7.84. The Balaban J connectivity index is 1.48. The molecule has 1 aromatic heterocycles. The molecule has 0 saturated carbocycles. The lowest BCUT2D eigenvalue weighted by Gasteiger charge is -2.34. The fourth-order valence-corrected chi connectivity index (χ4v) is 2.93. The van der Waals surface area contributed by atoms with Gasteiger partial charge in [-0.2, -0.15) is 5.10 Å². The van der Waals surface area contributed by atoms with Crippen LogP contribution in [0.2, 0.25) is 5.02 Å². The Morgan fingerprint density at radius 1 is 1.17 bits per heavy atom. The standard InChI is InChI=1S/C17H21ClN4O/c1-14-2-4-15(5-3-14)11-20-6-8-21(9-7-20)17(23)13-22-12-16(18)10-19-22/h2-5,10,12H,6-9,11,13H2,1H3. The molecule has 1 aliphatic heterocycles. The molecule has 0 radical (unpaired) electrons. The number of rotatable bonds is 4. The smallest absolute Gasteiger partial charge is 0.244 e. The lowest BCUT2D eigenvalue weighted by Crippen LogP contribution is -2.49. The molecule has 23 heavy (non-hydrogen) atoms. The van der Waals surface area contributed by atoms with E-state index in [4.69, 9.17) is 11.6 Å². The lowest BCUT2D eigenvalue weighted by atomic mass is 10.1. The topological polar surface area (TPSA) is 41.4 Å². The van der Waals surface area contributed by atoms with E-state index in [0.717, 1.165) is 32.7 Å². The average Bonchev–Trinajstić information content (AvgIpc) is 2.95. The highest BCUT2D eigenvalue weighted by molar-refractivity contribution is 6.30. The van der Waals surface area contributed by atoms with Crippen molar-refractivity contribution in [1.29, 1.82) is 0 Å². The minimum atomic E-state index is 0.0970. The number of halogens is 1. The number of hydrogen-bond donors (Lipinski definition) is 0. The summed E-state index contributed by atoms with van der Waals surface area (Å²) in [5.74, 6) is 0.0970. The molecule has 0 bridgehead atoms. The fourth-order valence-electron chi connectivity index (χ4n) is 2.77. The van der Waals surface area contributed by atoms with Crippen LogP contribution in [0.15, 0.2) is 36.7 Å². The molecule has 122 valence electrons.